The van der Waals surface area contributed by atoms with E-state index in [1.54, 1.807) is 5.57 Å². The summed E-state index contributed by atoms with van der Waals surface area (Å²) in [6.07, 6.45) is 10.5. The van der Waals surface area contributed by atoms with Crippen LogP contribution in [0.1, 0.15) is 64.0 Å². The lowest BCUT2D eigenvalue weighted by atomic mass is 9.90. The molecule has 0 unspecified atom stereocenters. The smallest absolute Gasteiger partial charge is 0.0442 e. The normalized spacial score (nSPS) is 17.3. The molecule has 2 nitrogen and oxygen atoms in total. The van der Waals surface area contributed by atoms with Crippen LogP contribution in [0.3, 0.4) is 0 Å². The van der Waals surface area contributed by atoms with Crippen LogP contribution in [0.2, 0.25) is 0 Å². The summed E-state index contributed by atoms with van der Waals surface area (Å²) in [5.41, 5.74) is 9.55. The molecule has 1 aliphatic carbocycles. The van der Waals surface area contributed by atoms with E-state index in [1.165, 1.54) is 47.5 Å². The molecular weight excluding hydrogens is 316 g/mol. The topological polar surface area (TPSA) is 15.3 Å². The molecule has 1 heterocycles. The minimum absolute atomic E-state index is 0.246. The second kappa shape index (κ2) is 7.34. The van der Waals surface area contributed by atoms with Crippen molar-refractivity contribution in [3.8, 4) is 0 Å². The Morgan fingerprint density at radius 2 is 1.85 bits per heavy atom. The highest BCUT2D eigenvalue weighted by molar-refractivity contribution is 5.69. The molecule has 1 N–H and O–H groups in total. The van der Waals surface area contributed by atoms with E-state index in [0.717, 1.165) is 25.1 Å². The molecule has 0 aromatic heterocycles. The summed E-state index contributed by atoms with van der Waals surface area (Å²) < 4.78 is 0. The van der Waals surface area contributed by atoms with E-state index in [0.29, 0.717) is 0 Å². The van der Waals surface area contributed by atoms with Crippen LogP contribution in [0.4, 0.5) is 11.4 Å². The average molecular weight is 351 g/mol. The minimum Gasteiger partial charge on any atom is -0.359 e. The van der Waals surface area contributed by atoms with E-state index in [-0.39, 0.29) is 5.41 Å². The van der Waals surface area contributed by atoms with Gasteiger partial charge in [-0.2, -0.15) is 0 Å². The maximum absolute atomic E-state index is 4.25. The third kappa shape index (κ3) is 4.23. The first-order valence-corrected chi connectivity index (χ1v) is 9.97. The van der Waals surface area contributed by atoms with Crippen molar-refractivity contribution < 1.29 is 0 Å². The lowest BCUT2D eigenvalue weighted by molar-refractivity contribution is 0.411. The third-order valence-electron chi connectivity index (χ3n) is 5.28. The number of aryl methyl sites for hydroxylation is 2. The summed E-state index contributed by atoms with van der Waals surface area (Å²) in [6.45, 7) is 16.6. The van der Waals surface area contributed by atoms with Crippen molar-refractivity contribution in [2.75, 3.05) is 16.8 Å². The first-order chi connectivity index (χ1) is 12.2. The van der Waals surface area contributed by atoms with Crippen molar-refractivity contribution in [2.45, 2.75) is 66.7 Å². The van der Waals surface area contributed by atoms with Crippen molar-refractivity contribution in [3.05, 3.63) is 59.0 Å². The van der Waals surface area contributed by atoms with Crippen LogP contribution >= 0.6 is 0 Å². The van der Waals surface area contributed by atoms with Crippen LogP contribution in [0, 0.1) is 19.3 Å². The second-order valence-electron chi connectivity index (χ2n) is 9.11. The zero-order chi connectivity index (χ0) is 18.9. The predicted molar refractivity (Wildman–Crippen MR) is 115 cm³/mol. The fourth-order valence-corrected chi connectivity index (χ4v) is 4.21. The van der Waals surface area contributed by atoms with E-state index < -0.39 is 0 Å². The van der Waals surface area contributed by atoms with Gasteiger partial charge in [0.25, 0.3) is 0 Å². The summed E-state index contributed by atoms with van der Waals surface area (Å²) in [5, 5.41) is 3.59. The number of nitrogens with one attached hydrogen (secondary N) is 1. The molecule has 0 amide bonds. The highest BCUT2D eigenvalue weighted by Crippen LogP contribution is 2.36. The summed E-state index contributed by atoms with van der Waals surface area (Å²) in [6, 6.07) is 4.68. The van der Waals surface area contributed by atoms with Crippen molar-refractivity contribution >= 4 is 11.4 Å². The molecule has 1 aromatic carbocycles. The summed E-state index contributed by atoms with van der Waals surface area (Å²) in [4.78, 5) is 2.55. The quantitative estimate of drug-likeness (QED) is 0.637. The van der Waals surface area contributed by atoms with E-state index in [2.05, 4.69) is 75.7 Å². The Morgan fingerprint density at radius 3 is 2.50 bits per heavy atom. The van der Waals surface area contributed by atoms with Crippen LogP contribution in [0.25, 0.3) is 0 Å². The summed E-state index contributed by atoms with van der Waals surface area (Å²) in [7, 11) is 0. The molecule has 2 heteroatoms. The molecule has 140 valence electrons. The third-order valence-corrected chi connectivity index (χ3v) is 5.28. The molecule has 2 aliphatic rings. The van der Waals surface area contributed by atoms with Gasteiger partial charge in [0, 0.05) is 35.7 Å². The summed E-state index contributed by atoms with van der Waals surface area (Å²) in [5.74, 6) is 0. The van der Waals surface area contributed by atoms with E-state index in [9.17, 15) is 0 Å². The molecule has 0 atom stereocenters. The number of allylic oxidation sites excluding steroid dienone is 4. The minimum atomic E-state index is 0.246. The van der Waals surface area contributed by atoms with E-state index in [4.69, 9.17) is 0 Å². The molecular formula is C24H34N2. The second-order valence-corrected chi connectivity index (χ2v) is 9.11. The SMILES string of the molecule is C=C(CC(C)(C)C)Nc1c(C)cc(N2CCCCC3=C2CC=C3)cc1C. The van der Waals surface area contributed by atoms with Crippen LogP contribution in [-0.4, -0.2) is 6.54 Å². The molecule has 0 radical (unpaired) electrons. The number of nitrogens with zero attached hydrogens (tertiary/aromatic N) is 1. The average Bonchev–Trinajstić information content (AvgIpc) is 2.88. The fourth-order valence-electron chi connectivity index (χ4n) is 4.21. The van der Waals surface area contributed by atoms with Gasteiger partial charge in [-0.1, -0.05) is 39.5 Å². The van der Waals surface area contributed by atoms with Gasteiger partial charge in [-0.05, 0) is 73.8 Å². The van der Waals surface area contributed by atoms with Gasteiger partial charge in [-0.15, -0.1) is 0 Å². The molecule has 1 aromatic rings. The van der Waals surface area contributed by atoms with Crippen molar-refractivity contribution in [1.82, 2.24) is 0 Å². The molecule has 0 saturated carbocycles. The maximum Gasteiger partial charge on any atom is 0.0442 e. The molecule has 3 rings (SSSR count). The van der Waals surface area contributed by atoms with Gasteiger partial charge in [0.1, 0.15) is 0 Å². The Morgan fingerprint density at radius 1 is 1.15 bits per heavy atom. The molecule has 0 fully saturated rings. The van der Waals surface area contributed by atoms with Crippen LogP contribution in [0.15, 0.2) is 47.8 Å². The predicted octanol–water partition coefficient (Wildman–Crippen LogP) is 6.87. The lowest BCUT2D eigenvalue weighted by Crippen LogP contribution is -2.23. The standard InChI is InChI=1S/C24H34N2/c1-17-14-21(26-13-8-7-10-20-11-9-12-22(20)26)15-18(2)23(17)25-19(3)16-24(4,5)6/h9,11,14-15,25H,3,7-8,10,12-13,16H2,1-2,4-6H3. The van der Waals surface area contributed by atoms with Gasteiger partial charge < -0.3 is 10.2 Å². The first-order valence-electron chi connectivity index (χ1n) is 9.97. The zero-order valence-corrected chi connectivity index (χ0v) is 17.2. The van der Waals surface area contributed by atoms with Crippen molar-refractivity contribution in [1.29, 1.82) is 0 Å². The van der Waals surface area contributed by atoms with Gasteiger partial charge in [0.15, 0.2) is 0 Å². The molecule has 0 bridgehead atoms. The molecule has 0 spiro atoms. The number of hydrogen-bond donors (Lipinski definition) is 1. The van der Waals surface area contributed by atoms with Crippen molar-refractivity contribution in [2.24, 2.45) is 5.41 Å². The number of rotatable bonds is 4. The number of benzene rings is 1. The maximum atomic E-state index is 4.25. The zero-order valence-electron chi connectivity index (χ0n) is 17.2. The van der Waals surface area contributed by atoms with E-state index in [1.807, 2.05) is 0 Å². The highest BCUT2D eigenvalue weighted by Gasteiger charge is 2.22. The van der Waals surface area contributed by atoms with Crippen molar-refractivity contribution in [3.63, 3.8) is 0 Å². The highest BCUT2D eigenvalue weighted by atomic mass is 15.1. The Balaban J connectivity index is 1.85. The lowest BCUT2D eigenvalue weighted by Gasteiger charge is -2.28. The largest absolute Gasteiger partial charge is 0.359 e. The number of anilines is 2. The Hall–Kier alpha value is -1.96. The number of hydrogen-bond acceptors (Lipinski definition) is 2. The van der Waals surface area contributed by atoms with Gasteiger partial charge >= 0.3 is 0 Å². The van der Waals surface area contributed by atoms with Gasteiger partial charge in [0.05, 0.1) is 0 Å². The molecule has 26 heavy (non-hydrogen) atoms. The summed E-state index contributed by atoms with van der Waals surface area (Å²) >= 11 is 0. The van der Waals surface area contributed by atoms with Gasteiger partial charge in [-0.25, -0.2) is 0 Å². The van der Waals surface area contributed by atoms with Crippen LogP contribution < -0.4 is 10.2 Å². The Labute approximate surface area is 159 Å². The molecule has 1 aliphatic heterocycles. The fraction of sp³-hybridized carbons (Fsp3) is 0.500. The monoisotopic (exact) mass is 350 g/mol. The first kappa shape index (κ1) is 18.8. The van der Waals surface area contributed by atoms with Gasteiger partial charge in [0.2, 0.25) is 0 Å². The van der Waals surface area contributed by atoms with Crippen LogP contribution in [-0.2, 0) is 0 Å². The van der Waals surface area contributed by atoms with E-state index >= 15 is 0 Å². The van der Waals surface area contributed by atoms with Crippen LogP contribution in [0.5, 0.6) is 0 Å². The van der Waals surface area contributed by atoms with Gasteiger partial charge in [-0.3, -0.25) is 0 Å². The Bertz CT molecular complexity index is 736. The Kier molecular flexibility index (Phi) is 5.32. The molecule has 0 saturated heterocycles.